The first kappa shape index (κ1) is 79.5. The number of carbonyl (C=O) groups is 3. The van der Waals surface area contributed by atoms with Crippen LogP contribution >= 0.6 is 0 Å². The number of unbranched alkanes of at least 4 members (excludes halogenated alkanes) is 35. The van der Waals surface area contributed by atoms with Gasteiger partial charge < -0.3 is 28.5 Å². The van der Waals surface area contributed by atoms with Gasteiger partial charge in [0.1, 0.15) is 13.2 Å². The van der Waals surface area contributed by atoms with Crippen molar-refractivity contribution >= 4 is 17.9 Å². The van der Waals surface area contributed by atoms with Crippen LogP contribution in [-0.4, -0.2) is 87.4 Å². The third-order valence-corrected chi connectivity index (χ3v) is 15.2. The third-order valence-electron chi connectivity index (χ3n) is 15.2. The molecular weight excluding hydrogens is 1030 g/mol. The van der Waals surface area contributed by atoms with Gasteiger partial charge in [-0.2, -0.15) is 0 Å². The van der Waals surface area contributed by atoms with Gasteiger partial charge >= 0.3 is 17.9 Å². The van der Waals surface area contributed by atoms with E-state index in [0.717, 1.165) is 89.9 Å². The van der Waals surface area contributed by atoms with Crippen LogP contribution in [0.15, 0.2) is 85.1 Å². The average Bonchev–Trinajstić information content (AvgIpc) is 3.46. The van der Waals surface area contributed by atoms with Crippen LogP contribution < -0.4 is 0 Å². The molecule has 9 nitrogen and oxygen atoms in total. The number of hydrogen-bond acceptors (Lipinski definition) is 7. The van der Waals surface area contributed by atoms with Gasteiger partial charge in [0.25, 0.3) is 6.29 Å². The van der Waals surface area contributed by atoms with E-state index in [4.69, 9.17) is 18.9 Å². The number of likely N-dealkylation sites (N-methyl/N-ethyl adjacent to an activating group) is 1. The van der Waals surface area contributed by atoms with E-state index in [1.165, 1.54) is 186 Å². The number of hydrogen-bond donors (Lipinski definition) is 1. The SMILES string of the molecule is CC/C=C\C/C=C\C/C=C\C/C=C\C/C=C\C/C=C\C/C=C\CCCCCCCCCCCC(=O)OC(COC(=O)CCCCCCCCCCCCCCCCCCCCCCCCCCCCC)COC(OCC[N+](C)(C)C)C(=O)O. The molecule has 0 heterocycles. The van der Waals surface area contributed by atoms with Gasteiger partial charge in [-0.15, -0.1) is 0 Å². The summed E-state index contributed by atoms with van der Waals surface area (Å²) in [5.74, 6) is -2.00. The number of quaternary nitrogens is 1. The number of allylic oxidation sites excluding steroid dienone is 14. The quantitative estimate of drug-likeness (QED) is 0.0211. The highest BCUT2D eigenvalue weighted by molar-refractivity contribution is 5.71. The second kappa shape index (κ2) is 64.5. The maximum absolute atomic E-state index is 12.9. The molecule has 2 atom stereocenters. The molecule has 0 aliphatic rings. The molecule has 0 amide bonds. The number of nitrogens with zero attached hydrogens (tertiary/aromatic N) is 1. The summed E-state index contributed by atoms with van der Waals surface area (Å²) in [7, 11) is 5.98. The molecule has 480 valence electrons. The van der Waals surface area contributed by atoms with Crippen molar-refractivity contribution in [2.75, 3.05) is 47.5 Å². The van der Waals surface area contributed by atoms with Gasteiger partial charge in [-0.3, -0.25) is 9.59 Å². The van der Waals surface area contributed by atoms with Crippen molar-refractivity contribution in [2.24, 2.45) is 0 Å². The summed E-state index contributed by atoms with van der Waals surface area (Å²) < 4.78 is 23.0. The van der Waals surface area contributed by atoms with Gasteiger partial charge in [0.05, 0.1) is 34.4 Å². The van der Waals surface area contributed by atoms with E-state index in [9.17, 15) is 19.5 Å². The average molecular weight is 1160 g/mol. The number of rotatable bonds is 64. The van der Waals surface area contributed by atoms with Gasteiger partial charge in [0.15, 0.2) is 6.10 Å². The summed E-state index contributed by atoms with van der Waals surface area (Å²) in [5.41, 5.74) is 0. The second-order valence-electron chi connectivity index (χ2n) is 24.5. The van der Waals surface area contributed by atoms with E-state index in [-0.39, 0.29) is 32.2 Å². The van der Waals surface area contributed by atoms with E-state index < -0.39 is 24.3 Å². The Balaban J connectivity index is 4.15. The van der Waals surface area contributed by atoms with Crippen molar-refractivity contribution in [3.63, 3.8) is 0 Å². The summed E-state index contributed by atoms with van der Waals surface area (Å²) >= 11 is 0. The van der Waals surface area contributed by atoms with E-state index in [2.05, 4.69) is 98.9 Å². The lowest BCUT2D eigenvalue weighted by Crippen LogP contribution is -2.40. The Labute approximate surface area is 512 Å². The zero-order chi connectivity index (χ0) is 60.5. The number of carboxylic acids is 1. The van der Waals surface area contributed by atoms with Crippen molar-refractivity contribution in [1.82, 2.24) is 0 Å². The van der Waals surface area contributed by atoms with E-state index in [1.54, 1.807) is 0 Å². The molecular formula is C74H132NO8+. The molecule has 0 bridgehead atoms. The van der Waals surface area contributed by atoms with Crippen LogP contribution in [0.4, 0.5) is 0 Å². The Hall–Kier alpha value is -3.53. The zero-order valence-electron chi connectivity index (χ0n) is 54.8. The molecule has 0 fully saturated rings. The Morgan fingerprint density at radius 2 is 0.687 bits per heavy atom. The minimum absolute atomic E-state index is 0.185. The normalized spacial score (nSPS) is 13.2. The fourth-order valence-electron chi connectivity index (χ4n) is 9.88. The minimum Gasteiger partial charge on any atom is -0.477 e. The molecule has 0 aromatic rings. The Morgan fingerprint density at radius 3 is 1.02 bits per heavy atom. The Kier molecular flexibility index (Phi) is 61.7. The van der Waals surface area contributed by atoms with Crippen LogP contribution in [0.25, 0.3) is 0 Å². The van der Waals surface area contributed by atoms with Crippen LogP contribution in [0, 0.1) is 0 Å². The molecule has 9 heteroatoms. The van der Waals surface area contributed by atoms with Crippen molar-refractivity contribution in [3.05, 3.63) is 85.1 Å². The van der Waals surface area contributed by atoms with Crippen LogP contribution in [0.3, 0.4) is 0 Å². The smallest absolute Gasteiger partial charge is 0.361 e. The monoisotopic (exact) mass is 1160 g/mol. The van der Waals surface area contributed by atoms with Crippen LogP contribution in [0.5, 0.6) is 0 Å². The Morgan fingerprint density at radius 1 is 0.373 bits per heavy atom. The summed E-state index contributed by atoms with van der Waals surface area (Å²) in [4.78, 5) is 37.6. The lowest BCUT2D eigenvalue weighted by atomic mass is 10.0. The van der Waals surface area contributed by atoms with Crippen LogP contribution in [0.2, 0.25) is 0 Å². The van der Waals surface area contributed by atoms with Crippen LogP contribution in [0.1, 0.15) is 309 Å². The highest BCUT2D eigenvalue weighted by Crippen LogP contribution is 2.18. The first-order chi connectivity index (χ1) is 40.6. The molecule has 2 unspecified atom stereocenters. The van der Waals surface area contributed by atoms with E-state index in [1.807, 2.05) is 21.1 Å². The summed E-state index contributed by atoms with van der Waals surface area (Å²) in [6.07, 6.45) is 84.1. The van der Waals surface area contributed by atoms with Gasteiger partial charge in [0.2, 0.25) is 0 Å². The van der Waals surface area contributed by atoms with Gasteiger partial charge in [-0.25, -0.2) is 4.79 Å². The molecule has 0 spiro atoms. The number of carbonyl (C=O) groups excluding carboxylic acids is 2. The molecule has 0 aromatic carbocycles. The standard InChI is InChI=1S/C74H131NO8/c1-6-8-10-12-14-16-18-20-22-24-26-28-30-32-34-35-36-37-39-41-43-45-47-49-51-53-55-57-59-61-63-65-72(77)83-70(69-82-74(73(78)79)80-67-66-75(3,4)5)68-81-71(76)64-62-60-58-56-54-52-50-48-46-44-42-40-38-33-31-29-27-25-23-21-19-17-15-13-11-9-7-2/h8,10,14,16,20,22,26,28,32,34,36-37,41,43,70,74H,6-7,9,11-13,15,17-19,21,23-25,27,29-31,33,35,38-40,42,44-69H2,1-5H3/p+1/b10-8-,16-14-,22-20-,28-26-,34-32-,37-36-,43-41-. The topological polar surface area (TPSA) is 108 Å². The van der Waals surface area contributed by atoms with Crippen molar-refractivity contribution in [1.29, 1.82) is 0 Å². The molecule has 0 aliphatic heterocycles. The number of aliphatic carboxylic acids is 1. The molecule has 0 saturated carbocycles. The third kappa shape index (κ3) is 65.9. The largest absolute Gasteiger partial charge is 0.477 e. The maximum atomic E-state index is 12.9. The van der Waals surface area contributed by atoms with Gasteiger partial charge in [0, 0.05) is 12.8 Å². The van der Waals surface area contributed by atoms with E-state index in [0.29, 0.717) is 23.9 Å². The van der Waals surface area contributed by atoms with Crippen molar-refractivity contribution in [2.45, 2.75) is 322 Å². The zero-order valence-corrected chi connectivity index (χ0v) is 54.8. The highest BCUT2D eigenvalue weighted by atomic mass is 16.7. The van der Waals surface area contributed by atoms with Gasteiger partial charge in [-0.05, 0) is 70.6 Å². The predicted molar refractivity (Wildman–Crippen MR) is 355 cm³/mol. The van der Waals surface area contributed by atoms with Crippen LogP contribution in [-0.2, 0) is 33.3 Å². The molecule has 0 saturated heterocycles. The lowest BCUT2D eigenvalue weighted by molar-refractivity contribution is -0.870. The molecule has 83 heavy (non-hydrogen) atoms. The summed E-state index contributed by atoms with van der Waals surface area (Å²) in [5, 5.41) is 9.74. The molecule has 1 N–H and O–H groups in total. The van der Waals surface area contributed by atoms with Crippen molar-refractivity contribution < 1.29 is 42.9 Å². The molecule has 0 aromatic heterocycles. The van der Waals surface area contributed by atoms with E-state index >= 15 is 0 Å². The maximum Gasteiger partial charge on any atom is 0.361 e. The van der Waals surface area contributed by atoms with Gasteiger partial charge in [-0.1, -0.05) is 311 Å². The minimum atomic E-state index is -1.52. The molecule has 0 aliphatic carbocycles. The summed E-state index contributed by atoms with van der Waals surface area (Å²) in [6.45, 7) is 4.80. The fraction of sp³-hybridized carbons (Fsp3) is 0.770. The lowest BCUT2D eigenvalue weighted by Gasteiger charge is -2.25. The second-order valence-corrected chi connectivity index (χ2v) is 24.5. The summed E-state index contributed by atoms with van der Waals surface area (Å²) in [6, 6.07) is 0. The predicted octanol–water partition coefficient (Wildman–Crippen LogP) is 21.5. The first-order valence-corrected chi connectivity index (χ1v) is 34.8. The number of esters is 2. The van der Waals surface area contributed by atoms with Crippen molar-refractivity contribution in [3.8, 4) is 0 Å². The highest BCUT2D eigenvalue weighted by Gasteiger charge is 2.25. The number of ether oxygens (including phenoxy) is 4. The molecule has 0 radical (unpaired) electrons. The fourth-order valence-corrected chi connectivity index (χ4v) is 9.88. The first-order valence-electron chi connectivity index (χ1n) is 34.8. The molecule has 0 rings (SSSR count). The number of carboxylic acid groups (broad SMARTS) is 1. The Bertz CT molecular complexity index is 1640.